The maximum Gasteiger partial charge on any atom is 0.258 e. The minimum atomic E-state index is -0.580. The van der Waals surface area contributed by atoms with Crippen molar-refractivity contribution in [2.75, 3.05) is 19.7 Å². The van der Waals surface area contributed by atoms with Crippen LogP contribution < -0.4 is 20.7 Å². The largest absolute Gasteiger partial charge is 0.484 e. The molecule has 4 saturated carbocycles. The molecule has 6 rings (SSSR count). The number of piperidine rings is 1. The molecular weight excluding hydrogens is 505 g/mol. The van der Waals surface area contributed by atoms with E-state index < -0.39 is 5.82 Å². The highest BCUT2D eigenvalue weighted by atomic mass is 35.5. The zero-order valence-corrected chi connectivity index (χ0v) is 23.2. The van der Waals surface area contributed by atoms with Crippen molar-refractivity contribution in [3.63, 3.8) is 0 Å². The van der Waals surface area contributed by atoms with Gasteiger partial charge in [0.15, 0.2) is 6.61 Å². The summed E-state index contributed by atoms with van der Waals surface area (Å²) < 4.78 is 19.0. The summed E-state index contributed by atoms with van der Waals surface area (Å²) in [5, 5.41) is 10.1. The van der Waals surface area contributed by atoms with E-state index in [1.54, 1.807) is 0 Å². The summed E-state index contributed by atoms with van der Waals surface area (Å²) in [5.41, 5.74) is -0.309. The molecule has 3 N–H and O–H groups in total. The number of hydrogen-bond donors (Lipinski definition) is 3. The summed E-state index contributed by atoms with van der Waals surface area (Å²) in [5.74, 6) is 1.54. The van der Waals surface area contributed by atoms with Crippen LogP contribution in [0, 0.1) is 29.5 Å². The van der Waals surface area contributed by atoms with Crippen LogP contribution in [0.4, 0.5) is 4.39 Å². The summed E-state index contributed by atoms with van der Waals surface area (Å²) >= 11 is 5.69. The third-order valence-corrected chi connectivity index (χ3v) is 9.93. The molecule has 5 aliphatic rings. The predicted molar refractivity (Wildman–Crippen MR) is 147 cm³/mol. The molecule has 0 radical (unpaired) electrons. The Kier molecular flexibility index (Phi) is 9.14. The van der Waals surface area contributed by atoms with Crippen molar-refractivity contribution in [2.45, 2.75) is 95.1 Å². The molecule has 1 aromatic carbocycles. The molecule has 1 aromatic rings. The van der Waals surface area contributed by atoms with Crippen LogP contribution in [0.25, 0.3) is 0 Å². The number of amides is 2. The first-order valence-electron chi connectivity index (χ1n) is 14.8. The summed E-state index contributed by atoms with van der Waals surface area (Å²) in [6, 6.07) is 4.70. The van der Waals surface area contributed by atoms with Gasteiger partial charge in [-0.25, -0.2) is 4.39 Å². The van der Waals surface area contributed by atoms with Gasteiger partial charge in [0.25, 0.3) is 5.91 Å². The Balaban J connectivity index is 1.01. The van der Waals surface area contributed by atoms with Crippen LogP contribution >= 0.6 is 11.6 Å². The highest BCUT2D eigenvalue weighted by Crippen LogP contribution is 2.55. The SMILES string of the molecule is O=C(COc1ccc(Cl)c(F)c1)NC12CC(C1)C(C(=O)NCCCC1NCCCC1C1CCCCCC1)C2. The number of carbonyl (C=O) groups is 2. The van der Waals surface area contributed by atoms with E-state index in [1.807, 2.05) is 0 Å². The Labute approximate surface area is 231 Å². The van der Waals surface area contributed by atoms with Gasteiger partial charge in [-0.1, -0.05) is 50.1 Å². The smallest absolute Gasteiger partial charge is 0.258 e. The number of rotatable bonds is 10. The van der Waals surface area contributed by atoms with Crippen molar-refractivity contribution < 1.29 is 18.7 Å². The number of benzene rings is 1. The molecule has 4 aliphatic carbocycles. The zero-order valence-electron chi connectivity index (χ0n) is 22.4. The second-order valence-electron chi connectivity index (χ2n) is 12.2. The van der Waals surface area contributed by atoms with Gasteiger partial charge in [0.2, 0.25) is 5.91 Å². The summed E-state index contributed by atoms with van der Waals surface area (Å²) in [6.07, 6.45) is 15.5. The Bertz CT molecular complexity index is 977. The first-order chi connectivity index (χ1) is 18.4. The Morgan fingerprint density at radius 3 is 2.61 bits per heavy atom. The van der Waals surface area contributed by atoms with Gasteiger partial charge < -0.3 is 20.7 Å². The highest BCUT2D eigenvalue weighted by Gasteiger charge is 2.58. The average Bonchev–Trinajstić information content (AvgIpc) is 3.30. The molecule has 5 fully saturated rings. The fraction of sp³-hybridized carbons (Fsp3) is 0.733. The van der Waals surface area contributed by atoms with Crippen molar-refractivity contribution in [2.24, 2.45) is 23.7 Å². The molecule has 0 spiro atoms. The monoisotopic (exact) mass is 547 g/mol. The van der Waals surface area contributed by atoms with Gasteiger partial charge in [0.1, 0.15) is 11.6 Å². The van der Waals surface area contributed by atoms with Gasteiger partial charge in [-0.05, 0) is 81.4 Å². The normalized spacial score (nSPS) is 31.2. The zero-order chi connectivity index (χ0) is 26.5. The molecule has 210 valence electrons. The second kappa shape index (κ2) is 12.5. The van der Waals surface area contributed by atoms with Crippen molar-refractivity contribution in [1.82, 2.24) is 16.0 Å². The molecule has 3 atom stereocenters. The van der Waals surface area contributed by atoms with Gasteiger partial charge in [-0.3, -0.25) is 9.59 Å². The minimum Gasteiger partial charge on any atom is -0.484 e. The van der Waals surface area contributed by atoms with E-state index >= 15 is 0 Å². The van der Waals surface area contributed by atoms with Crippen molar-refractivity contribution in [3.8, 4) is 5.75 Å². The Morgan fingerprint density at radius 1 is 1.05 bits per heavy atom. The van der Waals surface area contributed by atoms with Gasteiger partial charge in [0.05, 0.1) is 5.02 Å². The molecule has 0 aromatic heterocycles. The van der Waals surface area contributed by atoms with E-state index in [4.69, 9.17) is 16.3 Å². The summed E-state index contributed by atoms with van der Waals surface area (Å²) in [7, 11) is 0. The molecule has 8 heteroatoms. The van der Waals surface area contributed by atoms with Gasteiger partial charge in [0, 0.05) is 30.1 Å². The Morgan fingerprint density at radius 2 is 1.84 bits per heavy atom. The number of carbonyl (C=O) groups excluding carboxylic acids is 2. The lowest BCUT2D eigenvalue weighted by Crippen LogP contribution is -2.53. The first kappa shape index (κ1) is 27.7. The topological polar surface area (TPSA) is 79.5 Å². The lowest BCUT2D eigenvalue weighted by molar-refractivity contribution is -0.126. The molecule has 3 unspecified atom stereocenters. The summed E-state index contributed by atoms with van der Waals surface area (Å²) in [4.78, 5) is 25.5. The second-order valence-corrected chi connectivity index (χ2v) is 12.6. The Hall–Kier alpha value is -1.86. The lowest BCUT2D eigenvalue weighted by Gasteiger charge is -2.39. The number of fused-ring (bicyclic) bond motifs is 1. The van der Waals surface area contributed by atoms with E-state index in [1.165, 1.54) is 69.6 Å². The van der Waals surface area contributed by atoms with E-state index in [-0.39, 0.29) is 40.7 Å². The number of nitrogens with one attached hydrogen (secondary N) is 3. The van der Waals surface area contributed by atoms with Crippen molar-refractivity contribution in [1.29, 1.82) is 0 Å². The lowest BCUT2D eigenvalue weighted by atomic mass is 9.75. The average molecular weight is 548 g/mol. The molecule has 2 amide bonds. The maximum absolute atomic E-state index is 13.6. The fourth-order valence-electron chi connectivity index (χ4n) is 7.75. The van der Waals surface area contributed by atoms with Crippen LogP contribution in [0.1, 0.15) is 83.5 Å². The minimum absolute atomic E-state index is 0.0149. The van der Waals surface area contributed by atoms with E-state index in [0.29, 0.717) is 18.4 Å². The van der Waals surface area contributed by atoms with Gasteiger partial charge in [-0.2, -0.15) is 0 Å². The standard InChI is InChI=1S/C30H43ClFN3O3/c31-25-12-11-22(15-26(25)32)38-19-28(36)35-30-16-21(17-30)24(18-30)29(37)34-14-6-10-27-23(9-5-13-33-27)20-7-3-1-2-4-8-20/h11-12,15,20-21,23-24,27,33H,1-10,13-14,16-19H2,(H,34,37)(H,35,36). The molecule has 6 nitrogen and oxygen atoms in total. The van der Waals surface area contributed by atoms with Crippen LogP contribution in [0.2, 0.25) is 5.02 Å². The van der Waals surface area contributed by atoms with Crippen LogP contribution in [0.5, 0.6) is 5.75 Å². The quantitative estimate of drug-likeness (QED) is 0.271. The van der Waals surface area contributed by atoms with E-state index in [2.05, 4.69) is 16.0 Å². The van der Waals surface area contributed by atoms with Crippen LogP contribution in [0.3, 0.4) is 0 Å². The molecule has 1 aliphatic heterocycles. The molecule has 2 bridgehead atoms. The molecule has 38 heavy (non-hydrogen) atoms. The number of hydrogen-bond acceptors (Lipinski definition) is 4. The van der Waals surface area contributed by atoms with Gasteiger partial charge in [-0.15, -0.1) is 0 Å². The van der Waals surface area contributed by atoms with Crippen LogP contribution in [-0.4, -0.2) is 43.1 Å². The highest BCUT2D eigenvalue weighted by molar-refractivity contribution is 6.30. The van der Waals surface area contributed by atoms with Crippen molar-refractivity contribution >= 4 is 23.4 Å². The third kappa shape index (κ3) is 6.64. The fourth-order valence-corrected chi connectivity index (χ4v) is 7.87. The summed E-state index contributed by atoms with van der Waals surface area (Å²) in [6.45, 7) is 1.66. The maximum atomic E-state index is 13.6. The predicted octanol–water partition coefficient (Wildman–Crippen LogP) is 5.38. The molecule has 1 saturated heterocycles. The first-order valence-corrected chi connectivity index (χ1v) is 15.2. The third-order valence-electron chi connectivity index (χ3n) is 9.62. The van der Waals surface area contributed by atoms with Crippen molar-refractivity contribution in [3.05, 3.63) is 29.0 Å². The number of halogens is 2. The molecule has 1 heterocycles. The van der Waals surface area contributed by atoms with Gasteiger partial charge >= 0.3 is 0 Å². The number of ether oxygens (including phenoxy) is 1. The van der Waals surface area contributed by atoms with Crippen LogP contribution in [-0.2, 0) is 9.59 Å². The van der Waals surface area contributed by atoms with E-state index in [9.17, 15) is 14.0 Å². The van der Waals surface area contributed by atoms with Crippen LogP contribution in [0.15, 0.2) is 18.2 Å². The molecular formula is C30H43ClFN3O3. The van der Waals surface area contributed by atoms with E-state index in [0.717, 1.165) is 50.6 Å².